The summed E-state index contributed by atoms with van der Waals surface area (Å²) in [5, 5.41) is 2.83. The van der Waals surface area contributed by atoms with Crippen molar-refractivity contribution in [2.75, 3.05) is 32.7 Å². The molecule has 3 fully saturated rings. The first-order valence-corrected chi connectivity index (χ1v) is 9.02. The molecule has 22 heavy (non-hydrogen) atoms. The fraction of sp³-hybridized carbons (Fsp3) is 0.882. The fourth-order valence-electron chi connectivity index (χ4n) is 4.42. The van der Waals surface area contributed by atoms with Crippen LogP contribution in [0.5, 0.6) is 0 Å². The molecular formula is C17H29N3O2. The molecule has 1 saturated carbocycles. The lowest BCUT2D eigenvalue weighted by molar-refractivity contribution is -0.132. The summed E-state index contributed by atoms with van der Waals surface area (Å²) in [6.45, 7) is 3.37. The van der Waals surface area contributed by atoms with Gasteiger partial charge < -0.3 is 10.2 Å². The van der Waals surface area contributed by atoms with Gasteiger partial charge in [-0.15, -0.1) is 0 Å². The number of piperidine rings is 1. The van der Waals surface area contributed by atoms with Gasteiger partial charge in [0.05, 0.1) is 13.1 Å². The Hall–Kier alpha value is -1.10. The second kappa shape index (κ2) is 7.44. The van der Waals surface area contributed by atoms with E-state index >= 15 is 0 Å². The zero-order valence-electron chi connectivity index (χ0n) is 13.6. The van der Waals surface area contributed by atoms with Gasteiger partial charge in [-0.25, -0.2) is 0 Å². The number of rotatable bonds is 4. The summed E-state index contributed by atoms with van der Waals surface area (Å²) in [6, 6.07) is 0.600. The van der Waals surface area contributed by atoms with Crippen LogP contribution in [0.4, 0.5) is 0 Å². The molecule has 3 aliphatic rings. The van der Waals surface area contributed by atoms with Gasteiger partial charge in [-0.3, -0.25) is 14.5 Å². The third-order valence-electron chi connectivity index (χ3n) is 5.60. The quantitative estimate of drug-likeness (QED) is 0.854. The number of hydrogen-bond donors (Lipinski definition) is 1. The molecule has 0 bridgehead atoms. The van der Waals surface area contributed by atoms with Crippen molar-refractivity contribution in [1.82, 2.24) is 15.1 Å². The predicted molar refractivity (Wildman–Crippen MR) is 85.4 cm³/mol. The lowest BCUT2D eigenvalue weighted by Gasteiger charge is -2.43. The minimum absolute atomic E-state index is 0.0128. The molecule has 2 unspecified atom stereocenters. The molecular weight excluding hydrogens is 278 g/mol. The summed E-state index contributed by atoms with van der Waals surface area (Å²) in [5.41, 5.74) is 0. The highest BCUT2D eigenvalue weighted by Crippen LogP contribution is 2.34. The summed E-state index contributed by atoms with van der Waals surface area (Å²) in [5.74, 6) is 0.875. The van der Waals surface area contributed by atoms with E-state index in [4.69, 9.17) is 0 Å². The Balaban J connectivity index is 1.43. The Labute approximate surface area is 133 Å². The molecule has 0 aromatic heterocycles. The van der Waals surface area contributed by atoms with Crippen LogP contribution in [0.2, 0.25) is 0 Å². The molecule has 0 radical (unpaired) electrons. The Morgan fingerprint density at radius 3 is 2.45 bits per heavy atom. The van der Waals surface area contributed by atoms with Gasteiger partial charge in [0.15, 0.2) is 0 Å². The van der Waals surface area contributed by atoms with Gasteiger partial charge in [-0.05, 0) is 51.0 Å². The molecule has 5 nitrogen and oxygen atoms in total. The smallest absolute Gasteiger partial charge is 0.241 e. The van der Waals surface area contributed by atoms with E-state index in [2.05, 4.69) is 10.2 Å². The molecule has 0 aromatic carbocycles. The number of amides is 2. The van der Waals surface area contributed by atoms with Crippen molar-refractivity contribution in [2.24, 2.45) is 5.92 Å². The summed E-state index contributed by atoms with van der Waals surface area (Å²) >= 11 is 0. The lowest BCUT2D eigenvalue weighted by atomic mass is 9.78. The third-order valence-corrected chi connectivity index (χ3v) is 5.60. The number of nitrogens with one attached hydrogen (secondary N) is 1. The molecule has 0 aromatic rings. The minimum Gasteiger partial charge on any atom is -0.346 e. The van der Waals surface area contributed by atoms with Crippen LogP contribution in [0.3, 0.4) is 0 Å². The molecule has 2 saturated heterocycles. The fourth-order valence-corrected chi connectivity index (χ4v) is 4.42. The predicted octanol–water partition coefficient (Wildman–Crippen LogP) is 1.38. The molecule has 5 heteroatoms. The highest BCUT2D eigenvalue weighted by Gasteiger charge is 2.33. The van der Waals surface area contributed by atoms with Crippen molar-refractivity contribution in [1.29, 1.82) is 0 Å². The second-order valence-corrected chi connectivity index (χ2v) is 7.09. The summed E-state index contributed by atoms with van der Waals surface area (Å²) < 4.78 is 0. The van der Waals surface area contributed by atoms with Gasteiger partial charge in [-0.1, -0.05) is 12.8 Å². The molecule has 0 spiro atoms. The van der Waals surface area contributed by atoms with E-state index in [0.717, 1.165) is 38.4 Å². The van der Waals surface area contributed by atoms with Crippen molar-refractivity contribution in [3.8, 4) is 0 Å². The van der Waals surface area contributed by atoms with Crippen LogP contribution in [0, 0.1) is 5.92 Å². The zero-order valence-corrected chi connectivity index (χ0v) is 13.6. The number of fused-ring (bicyclic) bond motifs is 1. The van der Waals surface area contributed by atoms with E-state index in [1.807, 2.05) is 4.90 Å². The van der Waals surface area contributed by atoms with Crippen molar-refractivity contribution < 1.29 is 9.59 Å². The standard InChI is InChI=1S/C17H29N3O2/c21-16(18-12-17(22)19-9-3-4-10-19)13-20-11-5-7-14-6-1-2-8-15(14)20/h14-15H,1-13H2,(H,18,21). The number of hydrogen-bond acceptors (Lipinski definition) is 3. The molecule has 2 atom stereocenters. The van der Waals surface area contributed by atoms with Crippen molar-refractivity contribution in [3.05, 3.63) is 0 Å². The van der Waals surface area contributed by atoms with E-state index in [1.54, 1.807) is 0 Å². The van der Waals surface area contributed by atoms with Crippen LogP contribution in [0.1, 0.15) is 51.4 Å². The normalized spacial score (nSPS) is 29.2. The average Bonchev–Trinajstić information content (AvgIpc) is 3.07. The van der Waals surface area contributed by atoms with Gasteiger partial charge in [-0.2, -0.15) is 0 Å². The Morgan fingerprint density at radius 2 is 1.64 bits per heavy atom. The SMILES string of the molecule is O=C(CN1CCCC2CCCCC21)NCC(=O)N1CCCC1. The van der Waals surface area contributed by atoms with E-state index < -0.39 is 0 Å². The van der Waals surface area contributed by atoms with Gasteiger partial charge in [0, 0.05) is 19.1 Å². The Kier molecular flexibility index (Phi) is 5.34. The molecule has 1 aliphatic carbocycles. The van der Waals surface area contributed by atoms with Crippen LogP contribution in [0.25, 0.3) is 0 Å². The lowest BCUT2D eigenvalue weighted by Crippen LogP contribution is -2.51. The van der Waals surface area contributed by atoms with E-state index in [9.17, 15) is 9.59 Å². The number of nitrogens with zero attached hydrogens (tertiary/aromatic N) is 2. The highest BCUT2D eigenvalue weighted by atomic mass is 16.2. The number of likely N-dealkylation sites (tertiary alicyclic amines) is 2. The zero-order chi connectivity index (χ0) is 15.4. The maximum atomic E-state index is 12.2. The maximum absolute atomic E-state index is 12.2. The van der Waals surface area contributed by atoms with Crippen molar-refractivity contribution in [3.63, 3.8) is 0 Å². The Bertz CT molecular complexity index is 405. The molecule has 3 rings (SSSR count). The van der Waals surface area contributed by atoms with Gasteiger partial charge in [0.1, 0.15) is 0 Å². The molecule has 2 amide bonds. The second-order valence-electron chi connectivity index (χ2n) is 7.09. The van der Waals surface area contributed by atoms with E-state index in [1.165, 1.54) is 38.5 Å². The van der Waals surface area contributed by atoms with Crippen molar-refractivity contribution in [2.45, 2.75) is 57.4 Å². The van der Waals surface area contributed by atoms with Crippen LogP contribution >= 0.6 is 0 Å². The summed E-state index contributed by atoms with van der Waals surface area (Å²) in [4.78, 5) is 28.4. The van der Waals surface area contributed by atoms with E-state index in [0.29, 0.717) is 12.6 Å². The minimum atomic E-state index is 0.0128. The first-order valence-electron chi connectivity index (χ1n) is 9.02. The molecule has 1 N–H and O–H groups in total. The topological polar surface area (TPSA) is 52.7 Å². The van der Waals surface area contributed by atoms with Gasteiger partial charge in [0.2, 0.25) is 11.8 Å². The van der Waals surface area contributed by atoms with Crippen LogP contribution < -0.4 is 5.32 Å². The van der Waals surface area contributed by atoms with Crippen LogP contribution in [-0.4, -0.2) is 60.4 Å². The monoisotopic (exact) mass is 307 g/mol. The third kappa shape index (κ3) is 3.80. The van der Waals surface area contributed by atoms with Gasteiger partial charge in [0.25, 0.3) is 0 Å². The number of carbonyl (C=O) groups is 2. The first-order chi connectivity index (χ1) is 10.7. The van der Waals surface area contributed by atoms with Crippen LogP contribution in [0.15, 0.2) is 0 Å². The first kappa shape index (κ1) is 15.8. The van der Waals surface area contributed by atoms with Crippen molar-refractivity contribution >= 4 is 11.8 Å². The molecule has 2 aliphatic heterocycles. The van der Waals surface area contributed by atoms with Crippen LogP contribution in [-0.2, 0) is 9.59 Å². The maximum Gasteiger partial charge on any atom is 0.241 e. The molecule has 124 valence electrons. The number of carbonyl (C=O) groups excluding carboxylic acids is 2. The highest BCUT2D eigenvalue weighted by molar-refractivity contribution is 5.85. The summed E-state index contributed by atoms with van der Waals surface area (Å²) in [6.07, 6.45) is 9.95. The van der Waals surface area contributed by atoms with E-state index in [-0.39, 0.29) is 18.4 Å². The summed E-state index contributed by atoms with van der Waals surface area (Å²) in [7, 11) is 0. The van der Waals surface area contributed by atoms with Gasteiger partial charge >= 0.3 is 0 Å². The largest absolute Gasteiger partial charge is 0.346 e. The average molecular weight is 307 g/mol. The Morgan fingerprint density at radius 1 is 0.909 bits per heavy atom. The molecule has 2 heterocycles.